The zero-order valence-electron chi connectivity index (χ0n) is 10.7. The lowest BCUT2D eigenvalue weighted by Gasteiger charge is -2.20. The molecule has 0 aliphatic carbocycles. The lowest BCUT2D eigenvalue weighted by molar-refractivity contribution is 0.335. The van der Waals surface area contributed by atoms with Crippen molar-refractivity contribution in [2.24, 2.45) is 5.92 Å². The number of nitrogens with zero attached hydrogens (tertiary/aromatic N) is 1. The van der Waals surface area contributed by atoms with E-state index >= 15 is 0 Å². The number of aromatic nitrogens is 1. The fourth-order valence-electron chi connectivity index (χ4n) is 2.33. The van der Waals surface area contributed by atoms with E-state index in [4.69, 9.17) is 4.42 Å². The third-order valence-electron chi connectivity index (χ3n) is 3.37. The van der Waals surface area contributed by atoms with Crippen molar-refractivity contribution in [2.75, 3.05) is 26.7 Å². The predicted molar refractivity (Wildman–Crippen MR) is 68.0 cm³/mol. The lowest BCUT2D eigenvalue weighted by atomic mass is 9.95. The Bertz CT molecular complexity index is 318. The molecule has 17 heavy (non-hydrogen) atoms. The number of oxazole rings is 1. The highest BCUT2D eigenvalue weighted by atomic mass is 16.4. The van der Waals surface area contributed by atoms with Crippen LogP contribution in [-0.4, -0.2) is 31.7 Å². The van der Waals surface area contributed by atoms with Crippen molar-refractivity contribution in [3.63, 3.8) is 0 Å². The molecule has 0 atom stereocenters. The van der Waals surface area contributed by atoms with Gasteiger partial charge in [0.15, 0.2) is 5.89 Å². The molecule has 1 saturated heterocycles. The molecule has 1 fully saturated rings. The topological polar surface area (TPSA) is 50.1 Å². The maximum atomic E-state index is 5.77. The first kappa shape index (κ1) is 12.6. The monoisotopic (exact) mass is 237 g/mol. The van der Waals surface area contributed by atoms with Gasteiger partial charge in [0.05, 0.1) is 6.20 Å². The molecule has 0 radical (unpaired) electrons. The third-order valence-corrected chi connectivity index (χ3v) is 3.37. The van der Waals surface area contributed by atoms with Gasteiger partial charge in [0.2, 0.25) is 0 Å². The first-order valence-corrected chi connectivity index (χ1v) is 6.67. The summed E-state index contributed by atoms with van der Waals surface area (Å²) >= 11 is 0. The van der Waals surface area contributed by atoms with E-state index in [0.717, 1.165) is 56.5 Å². The zero-order chi connectivity index (χ0) is 11.9. The van der Waals surface area contributed by atoms with Gasteiger partial charge >= 0.3 is 0 Å². The molecule has 0 spiro atoms. The van der Waals surface area contributed by atoms with Crippen molar-refractivity contribution < 1.29 is 4.42 Å². The normalized spacial score (nSPS) is 17.5. The van der Waals surface area contributed by atoms with Gasteiger partial charge in [-0.05, 0) is 51.9 Å². The molecule has 0 unspecified atom stereocenters. The van der Waals surface area contributed by atoms with E-state index in [1.807, 2.05) is 13.2 Å². The Balaban J connectivity index is 1.76. The second-order valence-corrected chi connectivity index (χ2v) is 4.82. The number of nitrogens with one attached hydrogen (secondary N) is 2. The number of piperidine rings is 1. The Morgan fingerprint density at radius 3 is 3.06 bits per heavy atom. The van der Waals surface area contributed by atoms with Gasteiger partial charge in [-0.3, -0.25) is 0 Å². The summed E-state index contributed by atoms with van der Waals surface area (Å²) in [6, 6.07) is 0. The maximum Gasteiger partial charge on any atom is 0.194 e. The van der Waals surface area contributed by atoms with E-state index < -0.39 is 0 Å². The van der Waals surface area contributed by atoms with Gasteiger partial charge in [0, 0.05) is 12.8 Å². The van der Waals surface area contributed by atoms with Crippen molar-refractivity contribution >= 4 is 0 Å². The number of hydrogen-bond acceptors (Lipinski definition) is 4. The van der Waals surface area contributed by atoms with Gasteiger partial charge in [0.25, 0.3) is 0 Å². The fraction of sp³-hybridized carbons (Fsp3) is 0.769. The van der Waals surface area contributed by atoms with Crippen molar-refractivity contribution in [2.45, 2.75) is 32.1 Å². The maximum absolute atomic E-state index is 5.77. The van der Waals surface area contributed by atoms with Gasteiger partial charge in [-0.2, -0.15) is 0 Å². The summed E-state index contributed by atoms with van der Waals surface area (Å²) in [5, 5.41) is 6.52. The van der Waals surface area contributed by atoms with Gasteiger partial charge in [-0.25, -0.2) is 4.98 Å². The molecular formula is C13H23N3O. The Kier molecular flexibility index (Phi) is 5.01. The molecule has 96 valence electrons. The van der Waals surface area contributed by atoms with Gasteiger partial charge < -0.3 is 15.1 Å². The van der Waals surface area contributed by atoms with E-state index in [9.17, 15) is 0 Å². The van der Waals surface area contributed by atoms with Crippen LogP contribution in [0.1, 0.15) is 30.9 Å². The highest BCUT2D eigenvalue weighted by Crippen LogP contribution is 2.18. The number of aryl methyl sites for hydroxylation is 1. The Morgan fingerprint density at radius 2 is 2.29 bits per heavy atom. The largest absolute Gasteiger partial charge is 0.446 e. The van der Waals surface area contributed by atoms with Gasteiger partial charge in [-0.15, -0.1) is 0 Å². The standard InChI is InChI=1S/C13H23N3O/c1-14-6-2-3-12-10-16-13(17-12)9-11-4-7-15-8-5-11/h10-11,14-15H,2-9H2,1H3. The Morgan fingerprint density at radius 1 is 1.47 bits per heavy atom. The summed E-state index contributed by atoms with van der Waals surface area (Å²) < 4.78 is 5.77. The summed E-state index contributed by atoms with van der Waals surface area (Å²) in [6.45, 7) is 3.31. The van der Waals surface area contributed by atoms with Gasteiger partial charge in [-0.1, -0.05) is 0 Å². The Labute approximate surface area is 103 Å². The van der Waals surface area contributed by atoms with E-state index in [1.54, 1.807) is 0 Å². The van der Waals surface area contributed by atoms with Crippen LogP contribution < -0.4 is 10.6 Å². The minimum Gasteiger partial charge on any atom is -0.446 e. The van der Waals surface area contributed by atoms with Crippen LogP contribution in [-0.2, 0) is 12.8 Å². The van der Waals surface area contributed by atoms with Crippen molar-refractivity contribution in [3.05, 3.63) is 17.8 Å². The molecule has 1 aromatic rings. The smallest absolute Gasteiger partial charge is 0.194 e. The lowest BCUT2D eigenvalue weighted by Crippen LogP contribution is -2.28. The van der Waals surface area contributed by atoms with Crippen LogP contribution in [0.3, 0.4) is 0 Å². The molecule has 4 nitrogen and oxygen atoms in total. The summed E-state index contributed by atoms with van der Waals surface area (Å²) in [4.78, 5) is 4.38. The molecule has 4 heteroatoms. The van der Waals surface area contributed by atoms with Crippen LogP contribution in [0.2, 0.25) is 0 Å². The van der Waals surface area contributed by atoms with E-state index in [-0.39, 0.29) is 0 Å². The van der Waals surface area contributed by atoms with E-state index in [1.165, 1.54) is 12.8 Å². The minimum absolute atomic E-state index is 0.750. The molecule has 0 bridgehead atoms. The molecule has 1 aliphatic heterocycles. The second-order valence-electron chi connectivity index (χ2n) is 4.82. The fourth-order valence-corrected chi connectivity index (χ4v) is 2.33. The van der Waals surface area contributed by atoms with Gasteiger partial charge in [0.1, 0.15) is 5.76 Å². The molecule has 1 aromatic heterocycles. The average molecular weight is 237 g/mol. The summed E-state index contributed by atoms with van der Waals surface area (Å²) in [7, 11) is 1.98. The quantitative estimate of drug-likeness (QED) is 0.734. The van der Waals surface area contributed by atoms with Crippen LogP contribution in [0.4, 0.5) is 0 Å². The van der Waals surface area contributed by atoms with Crippen LogP contribution in [0.25, 0.3) is 0 Å². The zero-order valence-corrected chi connectivity index (χ0v) is 10.7. The molecular weight excluding hydrogens is 214 g/mol. The SMILES string of the molecule is CNCCCc1cnc(CC2CCNCC2)o1. The number of hydrogen-bond donors (Lipinski definition) is 2. The molecule has 2 heterocycles. The van der Waals surface area contributed by atoms with Crippen LogP contribution in [0, 0.1) is 5.92 Å². The van der Waals surface area contributed by atoms with Crippen LogP contribution >= 0.6 is 0 Å². The highest BCUT2D eigenvalue weighted by Gasteiger charge is 2.16. The first-order chi connectivity index (χ1) is 8.38. The first-order valence-electron chi connectivity index (χ1n) is 6.67. The van der Waals surface area contributed by atoms with Crippen LogP contribution in [0.5, 0.6) is 0 Å². The summed E-state index contributed by atoms with van der Waals surface area (Å²) in [6.07, 6.45) is 7.49. The number of rotatable bonds is 6. The van der Waals surface area contributed by atoms with Crippen molar-refractivity contribution in [1.82, 2.24) is 15.6 Å². The van der Waals surface area contributed by atoms with E-state index in [0.29, 0.717) is 0 Å². The predicted octanol–water partition coefficient (Wildman–Crippen LogP) is 1.37. The minimum atomic E-state index is 0.750. The molecule has 1 aliphatic rings. The third kappa shape index (κ3) is 4.13. The molecule has 2 rings (SSSR count). The molecule has 0 amide bonds. The summed E-state index contributed by atoms with van der Waals surface area (Å²) in [5.41, 5.74) is 0. The average Bonchev–Trinajstić information content (AvgIpc) is 2.79. The van der Waals surface area contributed by atoms with Crippen molar-refractivity contribution in [3.8, 4) is 0 Å². The highest BCUT2D eigenvalue weighted by molar-refractivity contribution is 4.95. The summed E-state index contributed by atoms with van der Waals surface area (Å²) in [5.74, 6) is 2.71. The Hall–Kier alpha value is -0.870. The van der Waals surface area contributed by atoms with E-state index in [2.05, 4.69) is 15.6 Å². The molecule has 0 aromatic carbocycles. The molecule has 0 saturated carbocycles. The van der Waals surface area contributed by atoms with Crippen LogP contribution in [0.15, 0.2) is 10.6 Å². The van der Waals surface area contributed by atoms with Crippen molar-refractivity contribution in [1.29, 1.82) is 0 Å². The molecule has 2 N–H and O–H groups in total. The second kappa shape index (κ2) is 6.77.